The number of hydrogen-bond donors (Lipinski definition) is 1. The van der Waals surface area contributed by atoms with E-state index in [2.05, 4.69) is 5.10 Å². The number of carbonyl (C=O) groups is 1. The smallest absolute Gasteiger partial charge is 0.356 e. The van der Waals surface area contributed by atoms with Gasteiger partial charge < -0.3 is 9.84 Å². The summed E-state index contributed by atoms with van der Waals surface area (Å²) in [4.78, 5) is 10.9. The number of hydrogen-bond acceptors (Lipinski definition) is 3. The van der Waals surface area contributed by atoms with E-state index in [1.807, 2.05) is 0 Å². The maximum atomic E-state index is 10.9. The van der Waals surface area contributed by atoms with Crippen molar-refractivity contribution in [3.63, 3.8) is 0 Å². The van der Waals surface area contributed by atoms with Crippen LogP contribution in [0.4, 0.5) is 0 Å². The average molecular weight is 267 g/mol. The van der Waals surface area contributed by atoms with E-state index in [1.54, 1.807) is 38.4 Å². The molecular formula is C12H11ClN2O3. The number of rotatable bonds is 3. The second kappa shape index (κ2) is 4.70. The minimum atomic E-state index is -1.06. The van der Waals surface area contributed by atoms with Crippen LogP contribution in [0.5, 0.6) is 5.75 Å². The zero-order valence-electron chi connectivity index (χ0n) is 9.85. The first-order chi connectivity index (χ1) is 8.52. The minimum absolute atomic E-state index is 0.00823. The van der Waals surface area contributed by atoms with Gasteiger partial charge in [0.1, 0.15) is 5.75 Å². The van der Waals surface area contributed by atoms with Crippen LogP contribution in [-0.2, 0) is 0 Å². The SMILES string of the molecule is COc1ccc(Cl)c(-n2cc(C)c(C(=O)O)n2)c1. The molecule has 1 heterocycles. The van der Waals surface area contributed by atoms with Crippen molar-refractivity contribution in [2.24, 2.45) is 0 Å². The van der Waals surface area contributed by atoms with Gasteiger partial charge in [0.2, 0.25) is 0 Å². The summed E-state index contributed by atoms with van der Waals surface area (Å²) in [5.74, 6) is -0.440. The van der Waals surface area contributed by atoms with Crippen molar-refractivity contribution in [3.05, 3.63) is 40.7 Å². The van der Waals surface area contributed by atoms with Gasteiger partial charge in [0.25, 0.3) is 0 Å². The van der Waals surface area contributed by atoms with Gasteiger partial charge in [-0.05, 0) is 19.1 Å². The lowest BCUT2D eigenvalue weighted by Gasteiger charge is -2.06. The van der Waals surface area contributed by atoms with E-state index >= 15 is 0 Å². The fraction of sp³-hybridized carbons (Fsp3) is 0.167. The molecule has 1 aromatic heterocycles. The van der Waals surface area contributed by atoms with Crippen LogP contribution in [0.25, 0.3) is 5.69 Å². The third-order valence-electron chi connectivity index (χ3n) is 2.50. The number of benzene rings is 1. The van der Waals surface area contributed by atoms with Crippen LogP contribution in [0.1, 0.15) is 16.1 Å². The first-order valence-electron chi connectivity index (χ1n) is 5.16. The second-order valence-electron chi connectivity index (χ2n) is 3.73. The minimum Gasteiger partial charge on any atom is -0.497 e. The summed E-state index contributed by atoms with van der Waals surface area (Å²) in [6.45, 7) is 1.68. The van der Waals surface area contributed by atoms with Gasteiger partial charge >= 0.3 is 5.97 Å². The summed E-state index contributed by atoms with van der Waals surface area (Å²) in [5, 5.41) is 13.4. The second-order valence-corrected chi connectivity index (χ2v) is 4.13. The highest BCUT2D eigenvalue weighted by molar-refractivity contribution is 6.32. The molecule has 1 N–H and O–H groups in total. The normalized spacial score (nSPS) is 10.4. The van der Waals surface area contributed by atoms with Crippen LogP contribution in [0.2, 0.25) is 5.02 Å². The Hall–Kier alpha value is -2.01. The summed E-state index contributed by atoms with van der Waals surface area (Å²) < 4.78 is 6.53. The zero-order chi connectivity index (χ0) is 13.3. The highest BCUT2D eigenvalue weighted by atomic mass is 35.5. The monoisotopic (exact) mass is 266 g/mol. The van der Waals surface area contributed by atoms with Gasteiger partial charge in [-0.3, -0.25) is 0 Å². The summed E-state index contributed by atoms with van der Waals surface area (Å²) >= 11 is 6.07. The largest absolute Gasteiger partial charge is 0.497 e. The van der Waals surface area contributed by atoms with Gasteiger partial charge in [-0.25, -0.2) is 9.48 Å². The molecule has 2 aromatic rings. The number of nitrogens with zero attached hydrogens (tertiary/aromatic N) is 2. The van der Waals surface area contributed by atoms with Gasteiger partial charge in [-0.2, -0.15) is 5.10 Å². The molecule has 0 unspecified atom stereocenters. The number of aromatic carboxylic acids is 1. The number of methoxy groups -OCH3 is 1. The Labute approximate surface area is 109 Å². The Morgan fingerprint density at radius 3 is 2.78 bits per heavy atom. The van der Waals surface area contributed by atoms with E-state index in [-0.39, 0.29) is 5.69 Å². The first kappa shape index (κ1) is 12.4. The molecule has 6 heteroatoms. The van der Waals surface area contributed by atoms with Gasteiger partial charge in [-0.1, -0.05) is 11.6 Å². The standard InChI is InChI=1S/C12H11ClN2O3/c1-7-6-15(14-11(7)12(16)17)10-5-8(18-2)3-4-9(10)13/h3-6H,1-2H3,(H,16,17). The quantitative estimate of drug-likeness (QED) is 0.927. The molecule has 18 heavy (non-hydrogen) atoms. The van der Waals surface area contributed by atoms with E-state index < -0.39 is 5.97 Å². The lowest BCUT2D eigenvalue weighted by Crippen LogP contribution is -2.02. The van der Waals surface area contributed by atoms with E-state index in [1.165, 1.54) is 4.68 Å². The average Bonchev–Trinajstić information content (AvgIpc) is 2.72. The molecule has 5 nitrogen and oxygen atoms in total. The molecule has 0 atom stereocenters. The Morgan fingerprint density at radius 2 is 2.22 bits per heavy atom. The third kappa shape index (κ3) is 2.17. The van der Waals surface area contributed by atoms with Crippen molar-refractivity contribution in [2.45, 2.75) is 6.92 Å². The Balaban J connectivity index is 2.54. The lowest BCUT2D eigenvalue weighted by molar-refractivity contribution is 0.0689. The third-order valence-corrected chi connectivity index (χ3v) is 2.82. The number of ether oxygens (including phenoxy) is 1. The lowest BCUT2D eigenvalue weighted by atomic mass is 10.3. The highest BCUT2D eigenvalue weighted by Gasteiger charge is 2.14. The number of aromatic nitrogens is 2. The van der Waals surface area contributed by atoms with E-state index in [0.29, 0.717) is 22.0 Å². The van der Waals surface area contributed by atoms with Gasteiger partial charge in [0.15, 0.2) is 5.69 Å². The Kier molecular flexibility index (Phi) is 3.25. The predicted octanol–water partition coefficient (Wildman–Crippen LogP) is 2.54. The van der Waals surface area contributed by atoms with Crippen LogP contribution in [0.3, 0.4) is 0 Å². The molecule has 0 spiro atoms. The van der Waals surface area contributed by atoms with Gasteiger partial charge in [-0.15, -0.1) is 0 Å². The highest BCUT2D eigenvalue weighted by Crippen LogP contribution is 2.25. The Morgan fingerprint density at radius 1 is 1.50 bits per heavy atom. The number of halogens is 1. The van der Waals surface area contributed by atoms with Gasteiger partial charge in [0, 0.05) is 17.8 Å². The fourth-order valence-electron chi connectivity index (χ4n) is 1.59. The molecule has 94 valence electrons. The van der Waals surface area contributed by atoms with Crippen molar-refractivity contribution < 1.29 is 14.6 Å². The molecule has 2 rings (SSSR count). The van der Waals surface area contributed by atoms with Crippen molar-refractivity contribution >= 4 is 17.6 Å². The van der Waals surface area contributed by atoms with Gasteiger partial charge in [0.05, 0.1) is 17.8 Å². The molecule has 0 saturated heterocycles. The number of carboxylic acid groups (broad SMARTS) is 1. The fourth-order valence-corrected chi connectivity index (χ4v) is 1.79. The molecule has 0 fully saturated rings. The summed E-state index contributed by atoms with van der Waals surface area (Å²) in [6.07, 6.45) is 1.62. The van der Waals surface area contributed by atoms with Crippen LogP contribution in [0, 0.1) is 6.92 Å². The van der Waals surface area contributed by atoms with Crippen molar-refractivity contribution in [3.8, 4) is 11.4 Å². The van der Waals surface area contributed by atoms with E-state index in [4.69, 9.17) is 21.4 Å². The maximum Gasteiger partial charge on any atom is 0.356 e. The molecular weight excluding hydrogens is 256 g/mol. The molecule has 0 bridgehead atoms. The summed E-state index contributed by atoms with van der Waals surface area (Å²) in [6, 6.07) is 5.09. The van der Waals surface area contributed by atoms with Crippen LogP contribution in [-0.4, -0.2) is 28.0 Å². The molecule has 0 aliphatic rings. The summed E-state index contributed by atoms with van der Waals surface area (Å²) in [7, 11) is 1.55. The predicted molar refractivity (Wildman–Crippen MR) is 66.8 cm³/mol. The van der Waals surface area contributed by atoms with Crippen molar-refractivity contribution in [2.75, 3.05) is 7.11 Å². The molecule has 1 aromatic carbocycles. The first-order valence-corrected chi connectivity index (χ1v) is 5.54. The molecule has 0 amide bonds. The van der Waals surface area contributed by atoms with Crippen LogP contribution in [0.15, 0.2) is 24.4 Å². The van der Waals surface area contributed by atoms with Crippen molar-refractivity contribution in [1.29, 1.82) is 0 Å². The molecule has 0 aliphatic carbocycles. The van der Waals surface area contributed by atoms with Crippen LogP contribution < -0.4 is 4.74 Å². The number of carboxylic acids is 1. The van der Waals surface area contributed by atoms with Crippen LogP contribution >= 0.6 is 11.6 Å². The topological polar surface area (TPSA) is 64.3 Å². The zero-order valence-corrected chi connectivity index (χ0v) is 10.6. The van der Waals surface area contributed by atoms with Crippen molar-refractivity contribution in [1.82, 2.24) is 9.78 Å². The Bertz CT molecular complexity index is 607. The number of aryl methyl sites for hydroxylation is 1. The molecule has 0 radical (unpaired) electrons. The molecule has 0 saturated carbocycles. The van der Waals surface area contributed by atoms with E-state index in [9.17, 15) is 4.79 Å². The molecule has 0 aliphatic heterocycles. The summed E-state index contributed by atoms with van der Waals surface area (Å²) in [5.41, 5.74) is 1.15. The van der Waals surface area contributed by atoms with E-state index in [0.717, 1.165) is 0 Å². The maximum absolute atomic E-state index is 10.9.